The highest BCUT2D eigenvalue weighted by molar-refractivity contribution is 6.42. The van der Waals surface area contributed by atoms with Crippen molar-refractivity contribution in [2.45, 2.75) is 58.4 Å². The van der Waals surface area contributed by atoms with Crippen LogP contribution in [0.4, 0.5) is 11.6 Å². The lowest BCUT2D eigenvalue weighted by atomic mass is 10.0. The second kappa shape index (κ2) is 11.2. The summed E-state index contributed by atoms with van der Waals surface area (Å²) in [6.45, 7) is 3.24. The zero-order chi connectivity index (χ0) is 24.1. The van der Waals surface area contributed by atoms with Crippen LogP contribution >= 0.6 is 23.2 Å². The van der Waals surface area contributed by atoms with Gasteiger partial charge in [0.25, 0.3) is 0 Å². The molecule has 0 radical (unpaired) electrons. The predicted octanol–water partition coefficient (Wildman–Crippen LogP) is 6.70. The van der Waals surface area contributed by atoms with E-state index in [0.717, 1.165) is 23.9 Å². The Morgan fingerprint density at radius 1 is 1.06 bits per heavy atom. The van der Waals surface area contributed by atoms with Crippen molar-refractivity contribution < 1.29 is 9.59 Å². The molecule has 1 aliphatic rings. The molecule has 0 aliphatic carbocycles. The monoisotopic (exact) mass is 500 g/mol. The molecular weight excluding hydrogens is 471 g/mol. The van der Waals surface area contributed by atoms with E-state index in [0.29, 0.717) is 34.8 Å². The predicted molar refractivity (Wildman–Crippen MR) is 139 cm³/mol. The number of fused-ring (bicyclic) bond motifs is 3. The van der Waals surface area contributed by atoms with E-state index in [-0.39, 0.29) is 18.2 Å². The molecule has 0 spiro atoms. The number of hydrogen-bond donors (Lipinski definition) is 1. The molecule has 1 aromatic heterocycles. The number of carbonyl (C=O) groups excluding carboxylic acids is 2. The van der Waals surface area contributed by atoms with E-state index in [2.05, 4.69) is 16.8 Å². The number of anilines is 2. The van der Waals surface area contributed by atoms with Crippen molar-refractivity contribution in [1.82, 2.24) is 9.55 Å². The first-order chi connectivity index (χ1) is 16.5. The van der Waals surface area contributed by atoms with Gasteiger partial charge in [-0.1, -0.05) is 74.4 Å². The molecule has 1 aliphatic heterocycles. The maximum absolute atomic E-state index is 13.5. The number of unbranched alkanes of at least 4 members (excludes halogenated alkanes) is 5. The van der Waals surface area contributed by atoms with Crippen LogP contribution in [-0.4, -0.2) is 27.9 Å². The van der Waals surface area contributed by atoms with Crippen molar-refractivity contribution >= 4 is 57.7 Å². The Hall–Kier alpha value is -2.57. The quantitative estimate of drug-likeness (QED) is 0.315. The number of nitrogens with zero attached hydrogens (tertiary/aromatic N) is 3. The molecule has 34 heavy (non-hydrogen) atoms. The number of rotatable bonds is 10. The van der Waals surface area contributed by atoms with Crippen LogP contribution in [0.5, 0.6) is 0 Å². The van der Waals surface area contributed by atoms with Gasteiger partial charge in [-0.25, -0.2) is 4.98 Å². The van der Waals surface area contributed by atoms with Gasteiger partial charge in [-0.3, -0.25) is 14.5 Å². The SMILES string of the molecule is CCCCCCCCN1C(=O)C(CC(=O)Nc2ccc(Cl)c(Cl)c2)Cn2c1nc1ccccc12. The molecule has 1 unspecified atom stereocenters. The smallest absolute Gasteiger partial charge is 0.234 e. The molecule has 4 rings (SSSR count). The highest BCUT2D eigenvalue weighted by Gasteiger charge is 2.36. The Balaban J connectivity index is 1.50. The fourth-order valence-corrected chi connectivity index (χ4v) is 4.79. The normalized spacial score (nSPS) is 15.6. The summed E-state index contributed by atoms with van der Waals surface area (Å²) in [5.74, 6) is -0.0568. The maximum atomic E-state index is 13.5. The minimum Gasteiger partial charge on any atom is -0.326 e. The molecule has 8 heteroatoms. The molecular formula is C26H30Cl2N4O2. The summed E-state index contributed by atoms with van der Waals surface area (Å²) in [6.07, 6.45) is 6.92. The lowest BCUT2D eigenvalue weighted by Gasteiger charge is -2.32. The molecule has 0 saturated heterocycles. The minimum absolute atomic E-state index is 0.0411. The van der Waals surface area contributed by atoms with Crippen LogP contribution in [0, 0.1) is 5.92 Å². The summed E-state index contributed by atoms with van der Waals surface area (Å²) >= 11 is 12.0. The topological polar surface area (TPSA) is 67.2 Å². The van der Waals surface area contributed by atoms with Crippen LogP contribution in [0.2, 0.25) is 10.0 Å². The number of nitrogens with one attached hydrogen (secondary N) is 1. The van der Waals surface area contributed by atoms with Crippen LogP contribution in [0.3, 0.4) is 0 Å². The number of carbonyl (C=O) groups is 2. The summed E-state index contributed by atoms with van der Waals surface area (Å²) in [7, 11) is 0. The van der Waals surface area contributed by atoms with Crippen molar-refractivity contribution in [2.75, 3.05) is 16.8 Å². The van der Waals surface area contributed by atoms with Crippen molar-refractivity contribution in [3.8, 4) is 0 Å². The van der Waals surface area contributed by atoms with Gasteiger partial charge in [0, 0.05) is 25.2 Å². The summed E-state index contributed by atoms with van der Waals surface area (Å²) in [5.41, 5.74) is 2.40. The van der Waals surface area contributed by atoms with Crippen molar-refractivity contribution in [2.24, 2.45) is 5.92 Å². The van der Waals surface area contributed by atoms with E-state index in [4.69, 9.17) is 28.2 Å². The summed E-state index contributed by atoms with van der Waals surface area (Å²) < 4.78 is 2.07. The highest BCUT2D eigenvalue weighted by atomic mass is 35.5. The molecule has 0 saturated carbocycles. The Morgan fingerprint density at radius 2 is 1.82 bits per heavy atom. The fraction of sp³-hybridized carbons (Fsp3) is 0.423. The minimum atomic E-state index is -0.465. The first-order valence-corrected chi connectivity index (χ1v) is 12.7. The van der Waals surface area contributed by atoms with Crippen molar-refractivity contribution in [1.29, 1.82) is 0 Å². The Bertz CT molecular complexity index is 1180. The number of benzene rings is 2. The lowest BCUT2D eigenvalue weighted by molar-refractivity contribution is -0.127. The number of imidazole rings is 1. The third kappa shape index (κ3) is 5.56. The van der Waals surface area contributed by atoms with Gasteiger partial charge in [0.05, 0.1) is 27.0 Å². The first kappa shape index (κ1) is 24.6. The second-order valence-electron chi connectivity index (χ2n) is 8.85. The third-order valence-corrected chi connectivity index (χ3v) is 7.00. The van der Waals surface area contributed by atoms with Gasteiger partial charge in [-0.15, -0.1) is 0 Å². The molecule has 2 amide bonds. The molecule has 2 aromatic carbocycles. The number of hydrogen-bond acceptors (Lipinski definition) is 3. The van der Waals surface area contributed by atoms with Gasteiger partial charge >= 0.3 is 0 Å². The first-order valence-electron chi connectivity index (χ1n) is 12.0. The number of aromatic nitrogens is 2. The molecule has 1 N–H and O–H groups in total. The molecule has 180 valence electrons. The summed E-state index contributed by atoms with van der Waals surface area (Å²) in [6, 6.07) is 12.8. The molecule has 0 bridgehead atoms. The Morgan fingerprint density at radius 3 is 2.62 bits per heavy atom. The molecule has 2 heterocycles. The van der Waals surface area contributed by atoms with Crippen LogP contribution < -0.4 is 10.2 Å². The van der Waals surface area contributed by atoms with Crippen LogP contribution in [0.25, 0.3) is 11.0 Å². The van der Waals surface area contributed by atoms with Gasteiger partial charge in [0.15, 0.2) is 0 Å². The maximum Gasteiger partial charge on any atom is 0.234 e. The molecule has 0 fully saturated rings. The highest BCUT2D eigenvalue weighted by Crippen LogP contribution is 2.32. The average molecular weight is 501 g/mol. The van der Waals surface area contributed by atoms with Gasteiger partial charge in [0.2, 0.25) is 17.8 Å². The molecule has 3 aromatic rings. The fourth-order valence-electron chi connectivity index (χ4n) is 4.49. The van der Waals surface area contributed by atoms with E-state index in [9.17, 15) is 9.59 Å². The van der Waals surface area contributed by atoms with E-state index in [1.807, 2.05) is 24.3 Å². The van der Waals surface area contributed by atoms with E-state index >= 15 is 0 Å². The summed E-state index contributed by atoms with van der Waals surface area (Å²) in [5, 5.41) is 3.63. The van der Waals surface area contributed by atoms with Crippen molar-refractivity contribution in [3.63, 3.8) is 0 Å². The molecule has 1 atom stereocenters. The Labute approximate surface area is 210 Å². The van der Waals surface area contributed by atoms with Gasteiger partial charge < -0.3 is 9.88 Å². The number of para-hydroxylation sites is 2. The van der Waals surface area contributed by atoms with Crippen LogP contribution in [0.15, 0.2) is 42.5 Å². The average Bonchev–Trinajstić information content (AvgIpc) is 3.18. The third-order valence-electron chi connectivity index (χ3n) is 6.26. The zero-order valence-electron chi connectivity index (χ0n) is 19.4. The zero-order valence-corrected chi connectivity index (χ0v) is 20.9. The standard InChI is InChI=1S/C26H30Cl2N4O2/c1-2-3-4-5-6-9-14-31-25(34)18(15-24(33)29-19-12-13-20(27)21(28)16-19)17-32-23-11-8-7-10-22(23)30-26(31)32/h7-8,10-13,16,18H,2-6,9,14-15,17H2,1H3,(H,29,33). The Kier molecular flexibility index (Phi) is 8.11. The van der Waals surface area contributed by atoms with E-state index < -0.39 is 5.92 Å². The van der Waals surface area contributed by atoms with Gasteiger partial charge in [0.1, 0.15) is 0 Å². The second-order valence-corrected chi connectivity index (χ2v) is 9.66. The van der Waals surface area contributed by atoms with Crippen LogP contribution in [-0.2, 0) is 16.1 Å². The lowest BCUT2D eigenvalue weighted by Crippen LogP contribution is -2.45. The van der Waals surface area contributed by atoms with Crippen LogP contribution in [0.1, 0.15) is 51.9 Å². The van der Waals surface area contributed by atoms with Gasteiger partial charge in [-0.05, 0) is 36.8 Å². The van der Waals surface area contributed by atoms with Crippen molar-refractivity contribution in [3.05, 3.63) is 52.5 Å². The largest absolute Gasteiger partial charge is 0.326 e. The molecule has 6 nitrogen and oxygen atoms in total. The number of amides is 2. The van der Waals surface area contributed by atoms with E-state index in [1.165, 1.54) is 25.7 Å². The summed E-state index contributed by atoms with van der Waals surface area (Å²) in [4.78, 5) is 32.8. The van der Waals surface area contributed by atoms with E-state index in [1.54, 1.807) is 23.1 Å². The number of halogens is 2. The van der Waals surface area contributed by atoms with Gasteiger partial charge in [-0.2, -0.15) is 0 Å².